The van der Waals surface area contributed by atoms with Crippen LogP contribution < -0.4 is 5.32 Å². The van der Waals surface area contributed by atoms with Crippen LogP contribution in [0.2, 0.25) is 5.15 Å². The number of hydrogen-bond donors (Lipinski definition) is 2. The Labute approximate surface area is 128 Å². The summed E-state index contributed by atoms with van der Waals surface area (Å²) in [5, 5.41) is 12.0. The number of benzene rings is 1. The summed E-state index contributed by atoms with van der Waals surface area (Å²) in [5.74, 6) is -0.221. The maximum Gasteiger partial charge on any atom is 0.255 e. The van der Waals surface area contributed by atoms with Gasteiger partial charge in [-0.1, -0.05) is 23.7 Å². The topological polar surface area (TPSA) is 62.2 Å². The number of hydrogen-bond acceptors (Lipinski definition) is 3. The van der Waals surface area contributed by atoms with Gasteiger partial charge in [0, 0.05) is 23.6 Å². The number of aliphatic hydroxyl groups excluding tert-OH is 1. The zero-order chi connectivity index (χ0) is 15.2. The molecule has 0 unspecified atom stereocenters. The lowest BCUT2D eigenvalue weighted by Gasteiger charge is -2.08. The molecule has 0 aliphatic rings. The fourth-order valence-electron chi connectivity index (χ4n) is 2.05. The fourth-order valence-corrected chi connectivity index (χ4v) is 2.30. The van der Waals surface area contributed by atoms with Gasteiger partial charge < -0.3 is 10.4 Å². The number of amides is 1. The zero-order valence-electron chi connectivity index (χ0n) is 11.8. The Bertz CT molecular complexity index is 624. The monoisotopic (exact) mass is 304 g/mol. The lowest BCUT2D eigenvalue weighted by Crippen LogP contribution is -2.12. The molecule has 0 radical (unpaired) electrons. The summed E-state index contributed by atoms with van der Waals surface area (Å²) in [7, 11) is 0. The Morgan fingerprint density at radius 1 is 1.33 bits per heavy atom. The fraction of sp³-hybridized carbons (Fsp3) is 0.250. The van der Waals surface area contributed by atoms with Crippen LogP contribution in [0.5, 0.6) is 0 Å². The highest BCUT2D eigenvalue weighted by Crippen LogP contribution is 2.15. The van der Waals surface area contributed by atoms with E-state index < -0.39 is 0 Å². The number of nitrogens with one attached hydrogen (secondary N) is 1. The number of carbonyl (C=O) groups excluding carboxylic acids is 1. The molecule has 5 heteroatoms. The molecule has 2 N–H and O–H groups in total. The van der Waals surface area contributed by atoms with Crippen molar-refractivity contribution < 1.29 is 9.90 Å². The molecule has 0 atom stereocenters. The number of halogens is 1. The average molecular weight is 305 g/mol. The molecule has 1 aromatic heterocycles. The number of carbonyl (C=O) groups is 1. The van der Waals surface area contributed by atoms with Crippen LogP contribution in [0, 0.1) is 6.92 Å². The van der Waals surface area contributed by atoms with Gasteiger partial charge in [-0.25, -0.2) is 4.98 Å². The number of aromatic nitrogens is 1. The van der Waals surface area contributed by atoms with Gasteiger partial charge in [0.05, 0.1) is 0 Å². The Balaban J connectivity index is 2.11. The number of pyridine rings is 1. The first kappa shape index (κ1) is 15.5. The van der Waals surface area contributed by atoms with Crippen LogP contribution >= 0.6 is 11.6 Å². The highest BCUT2D eigenvalue weighted by molar-refractivity contribution is 6.29. The van der Waals surface area contributed by atoms with E-state index in [4.69, 9.17) is 16.7 Å². The maximum atomic E-state index is 12.2. The third-order valence-electron chi connectivity index (χ3n) is 2.99. The number of aryl methyl sites for hydroxylation is 2. The summed E-state index contributed by atoms with van der Waals surface area (Å²) < 4.78 is 0. The molecule has 0 bridgehead atoms. The van der Waals surface area contributed by atoms with Crippen LogP contribution in [-0.2, 0) is 6.42 Å². The van der Waals surface area contributed by atoms with E-state index >= 15 is 0 Å². The minimum absolute atomic E-state index is 0.158. The summed E-state index contributed by atoms with van der Waals surface area (Å²) in [6.45, 7) is 1.95. The van der Waals surface area contributed by atoms with E-state index in [9.17, 15) is 4.79 Å². The third-order valence-corrected chi connectivity index (χ3v) is 3.19. The Kier molecular flexibility index (Phi) is 5.31. The SMILES string of the molecule is Cc1cc(C(=O)Nc2cccc(CCCO)c2)cc(Cl)n1. The van der Waals surface area contributed by atoms with Crippen LogP contribution in [0.3, 0.4) is 0 Å². The van der Waals surface area contributed by atoms with Gasteiger partial charge in [0.1, 0.15) is 5.15 Å². The zero-order valence-corrected chi connectivity index (χ0v) is 12.5. The van der Waals surface area contributed by atoms with Crippen molar-refractivity contribution in [2.75, 3.05) is 11.9 Å². The first-order valence-electron chi connectivity index (χ1n) is 6.74. The van der Waals surface area contributed by atoms with E-state index in [0.717, 1.165) is 17.7 Å². The summed E-state index contributed by atoms with van der Waals surface area (Å²) in [4.78, 5) is 16.2. The average Bonchev–Trinajstić information content (AvgIpc) is 2.44. The number of rotatable bonds is 5. The predicted molar refractivity (Wildman–Crippen MR) is 83.8 cm³/mol. The van der Waals surface area contributed by atoms with E-state index in [1.165, 1.54) is 0 Å². The highest BCUT2D eigenvalue weighted by atomic mass is 35.5. The van der Waals surface area contributed by atoms with E-state index in [-0.39, 0.29) is 12.5 Å². The molecule has 1 aromatic carbocycles. The molecule has 0 aliphatic carbocycles. The third kappa shape index (κ3) is 4.55. The van der Waals surface area contributed by atoms with Crippen molar-refractivity contribution in [3.8, 4) is 0 Å². The lowest BCUT2D eigenvalue weighted by atomic mass is 10.1. The quantitative estimate of drug-likeness (QED) is 0.834. The van der Waals surface area contributed by atoms with Gasteiger partial charge in [-0.3, -0.25) is 4.79 Å². The van der Waals surface area contributed by atoms with E-state index in [0.29, 0.717) is 22.8 Å². The van der Waals surface area contributed by atoms with Gasteiger partial charge in [0.15, 0.2) is 0 Å². The number of anilines is 1. The van der Waals surface area contributed by atoms with Crippen LogP contribution in [-0.4, -0.2) is 22.6 Å². The van der Waals surface area contributed by atoms with Gasteiger partial charge in [-0.05, 0) is 49.6 Å². The van der Waals surface area contributed by atoms with Crippen LogP contribution in [0.4, 0.5) is 5.69 Å². The first-order chi connectivity index (χ1) is 10.1. The molecule has 2 aromatic rings. The maximum absolute atomic E-state index is 12.2. The van der Waals surface area contributed by atoms with E-state index in [1.807, 2.05) is 24.3 Å². The molecular formula is C16H17ClN2O2. The molecule has 110 valence electrons. The minimum atomic E-state index is -0.221. The molecule has 4 nitrogen and oxygen atoms in total. The Morgan fingerprint density at radius 3 is 2.86 bits per heavy atom. The molecule has 0 saturated heterocycles. The van der Waals surface area contributed by atoms with Gasteiger partial charge in [-0.15, -0.1) is 0 Å². The second-order valence-electron chi connectivity index (χ2n) is 4.80. The van der Waals surface area contributed by atoms with E-state index in [1.54, 1.807) is 19.1 Å². The first-order valence-corrected chi connectivity index (χ1v) is 7.11. The van der Waals surface area contributed by atoms with Crippen molar-refractivity contribution in [1.82, 2.24) is 4.98 Å². The minimum Gasteiger partial charge on any atom is -0.396 e. The molecule has 0 fully saturated rings. The number of nitrogens with zero attached hydrogens (tertiary/aromatic N) is 1. The van der Waals surface area contributed by atoms with Gasteiger partial charge in [0.25, 0.3) is 5.91 Å². The second kappa shape index (κ2) is 7.20. The standard InChI is InChI=1S/C16H17ClN2O2/c1-11-8-13(10-15(17)18-11)16(21)19-14-6-2-4-12(9-14)5-3-7-20/h2,4,6,8-10,20H,3,5,7H2,1H3,(H,19,21). The molecule has 1 heterocycles. The summed E-state index contributed by atoms with van der Waals surface area (Å²) in [6.07, 6.45) is 1.48. The predicted octanol–water partition coefficient (Wildman–Crippen LogP) is 3.22. The summed E-state index contributed by atoms with van der Waals surface area (Å²) in [5.41, 5.74) is 2.98. The van der Waals surface area contributed by atoms with Crippen molar-refractivity contribution in [1.29, 1.82) is 0 Å². The van der Waals surface area contributed by atoms with Crippen molar-refractivity contribution in [2.45, 2.75) is 19.8 Å². The molecule has 0 saturated carbocycles. The van der Waals surface area contributed by atoms with Crippen molar-refractivity contribution in [3.63, 3.8) is 0 Å². The number of aliphatic hydroxyl groups is 1. The van der Waals surface area contributed by atoms with Crippen LogP contribution in [0.15, 0.2) is 36.4 Å². The lowest BCUT2D eigenvalue weighted by molar-refractivity contribution is 0.102. The normalized spacial score (nSPS) is 10.4. The highest BCUT2D eigenvalue weighted by Gasteiger charge is 2.08. The molecule has 1 amide bonds. The van der Waals surface area contributed by atoms with Gasteiger partial charge >= 0.3 is 0 Å². The molecule has 0 spiro atoms. The van der Waals surface area contributed by atoms with Crippen molar-refractivity contribution in [2.24, 2.45) is 0 Å². The Morgan fingerprint density at radius 2 is 2.14 bits per heavy atom. The van der Waals surface area contributed by atoms with Crippen LogP contribution in [0.25, 0.3) is 0 Å². The summed E-state index contributed by atoms with van der Waals surface area (Å²) >= 11 is 5.86. The van der Waals surface area contributed by atoms with Gasteiger partial charge in [-0.2, -0.15) is 0 Å². The second-order valence-corrected chi connectivity index (χ2v) is 5.19. The van der Waals surface area contributed by atoms with E-state index in [2.05, 4.69) is 10.3 Å². The molecule has 2 rings (SSSR count). The molecule has 21 heavy (non-hydrogen) atoms. The molecule has 0 aliphatic heterocycles. The van der Waals surface area contributed by atoms with Crippen LogP contribution in [0.1, 0.15) is 28.0 Å². The largest absolute Gasteiger partial charge is 0.396 e. The van der Waals surface area contributed by atoms with Crippen molar-refractivity contribution >= 4 is 23.2 Å². The summed E-state index contributed by atoms with van der Waals surface area (Å²) in [6, 6.07) is 10.8. The van der Waals surface area contributed by atoms with Gasteiger partial charge in [0.2, 0.25) is 0 Å². The Hall–Kier alpha value is -1.91. The molecular weight excluding hydrogens is 288 g/mol. The smallest absolute Gasteiger partial charge is 0.255 e. The van der Waals surface area contributed by atoms with Crippen molar-refractivity contribution in [3.05, 3.63) is 58.4 Å².